The Morgan fingerprint density at radius 3 is 1.50 bits per heavy atom. The van der Waals surface area contributed by atoms with Gasteiger partial charge in [0.2, 0.25) is 0 Å². The number of nitrogens with zero attached hydrogens (tertiary/aromatic N) is 1. The average molecular weight is 443 g/mol. The van der Waals surface area contributed by atoms with Crippen molar-refractivity contribution in [1.82, 2.24) is 0 Å². The molecule has 0 aliphatic heterocycles. The van der Waals surface area contributed by atoms with Crippen LogP contribution in [0.25, 0.3) is 0 Å². The molecule has 0 fully saturated rings. The lowest BCUT2D eigenvalue weighted by atomic mass is 10.1. The van der Waals surface area contributed by atoms with Crippen LogP contribution in [0, 0.1) is 3.57 Å². The van der Waals surface area contributed by atoms with Gasteiger partial charge < -0.3 is 4.90 Å². The van der Waals surface area contributed by atoms with Crippen LogP contribution in [-0.2, 0) is 0 Å². The highest BCUT2D eigenvalue weighted by Gasteiger charge is 2.06. The molecule has 0 bridgehead atoms. The number of anilines is 1. The van der Waals surface area contributed by atoms with E-state index in [2.05, 4.69) is 65.6 Å². The lowest BCUT2D eigenvalue weighted by Crippen LogP contribution is -2.25. The lowest BCUT2D eigenvalue weighted by molar-refractivity contribution is 0.575. The van der Waals surface area contributed by atoms with Crippen molar-refractivity contribution >= 4 is 28.3 Å². The fraction of sp³-hybridized carbons (Fsp3) is 0.727. The van der Waals surface area contributed by atoms with Crippen molar-refractivity contribution in [2.75, 3.05) is 18.0 Å². The van der Waals surface area contributed by atoms with Crippen LogP contribution in [0.4, 0.5) is 5.69 Å². The van der Waals surface area contributed by atoms with Crippen LogP contribution in [0.3, 0.4) is 0 Å². The molecule has 24 heavy (non-hydrogen) atoms. The normalized spacial score (nSPS) is 11.0. The standard InChI is InChI=1S/C22H38IN/c1-3-5-7-9-11-13-19-24(20-14-12-10-8-6-4-2)22-17-15-21(23)16-18-22/h15-18H,3-14,19-20H2,1-2H3. The molecule has 0 aliphatic carbocycles. The van der Waals surface area contributed by atoms with Crippen molar-refractivity contribution in [2.45, 2.75) is 90.9 Å². The van der Waals surface area contributed by atoms with Gasteiger partial charge in [0, 0.05) is 22.3 Å². The number of halogens is 1. The quantitative estimate of drug-likeness (QED) is 0.197. The van der Waals surface area contributed by atoms with E-state index in [-0.39, 0.29) is 0 Å². The molecule has 0 spiro atoms. The Labute approximate surface area is 164 Å². The van der Waals surface area contributed by atoms with Gasteiger partial charge in [0.05, 0.1) is 0 Å². The van der Waals surface area contributed by atoms with Gasteiger partial charge in [-0.25, -0.2) is 0 Å². The molecule has 1 rings (SSSR count). The Hall–Kier alpha value is -0.250. The maximum Gasteiger partial charge on any atom is 0.0366 e. The summed E-state index contributed by atoms with van der Waals surface area (Å²) in [7, 11) is 0. The first-order valence-corrected chi connectivity index (χ1v) is 11.4. The molecule has 0 unspecified atom stereocenters. The highest BCUT2D eigenvalue weighted by molar-refractivity contribution is 14.1. The molecule has 0 aromatic heterocycles. The van der Waals surface area contributed by atoms with Gasteiger partial charge in [-0.1, -0.05) is 78.1 Å². The maximum atomic E-state index is 2.62. The third-order valence-corrected chi connectivity index (χ3v) is 5.47. The van der Waals surface area contributed by atoms with Gasteiger partial charge >= 0.3 is 0 Å². The summed E-state index contributed by atoms with van der Waals surface area (Å²) in [6.07, 6.45) is 16.6. The van der Waals surface area contributed by atoms with Gasteiger partial charge in [0.1, 0.15) is 0 Å². The van der Waals surface area contributed by atoms with E-state index in [0.29, 0.717) is 0 Å². The number of hydrogen-bond acceptors (Lipinski definition) is 1. The Morgan fingerprint density at radius 2 is 1.04 bits per heavy atom. The molecule has 1 aromatic rings. The second kappa shape index (κ2) is 15.0. The summed E-state index contributed by atoms with van der Waals surface area (Å²) in [4.78, 5) is 2.62. The van der Waals surface area contributed by atoms with Crippen molar-refractivity contribution in [1.29, 1.82) is 0 Å². The van der Waals surface area contributed by atoms with Crippen LogP contribution in [0.5, 0.6) is 0 Å². The fourth-order valence-corrected chi connectivity index (χ4v) is 3.55. The number of unbranched alkanes of at least 4 members (excludes halogenated alkanes) is 10. The summed E-state index contributed by atoms with van der Waals surface area (Å²) in [5, 5.41) is 0. The zero-order valence-corrected chi connectivity index (χ0v) is 18.2. The molecule has 1 nitrogen and oxygen atoms in total. The monoisotopic (exact) mass is 443 g/mol. The minimum absolute atomic E-state index is 1.22. The van der Waals surface area contributed by atoms with Crippen LogP contribution in [0.2, 0.25) is 0 Å². The second-order valence-corrected chi connectivity index (χ2v) is 8.24. The smallest absolute Gasteiger partial charge is 0.0366 e. The van der Waals surface area contributed by atoms with E-state index >= 15 is 0 Å². The van der Waals surface area contributed by atoms with Crippen molar-refractivity contribution < 1.29 is 0 Å². The highest BCUT2D eigenvalue weighted by Crippen LogP contribution is 2.19. The van der Waals surface area contributed by atoms with E-state index in [1.807, 2.05) is 0 Å². The largest absolute Gasteiger partial charge is 0.372 e. The Kier molecular flexibility index (Phi) is 13.7. The van der Waals surface area contributed by atoms with Crippen molar-refractivity contribution in [3.05, 3.63) is 27.8 Å². The second-order valence-electron chi connectivity index (χ2n) is 7.00. The van der Waals surface area contributed by atoms with Gasteiger partial charge in [-0.15, -0.1) is 0 Å². The number of hydrogen-bond donors (Lipinski definition) is 0. The summed E-state index contributed by atoms with van der Waals surface area (Å²) in [5.74, 6) is 0. The predicted molar refractivity (Wildman–Crippen MR) is 118 cm³/mol. The molecular formula is C22H38IN. The third kappa shape index (κ3) is 10.6. The Morgan fingerprint density at radius 1 is 0.625 bits per heavy atom. The molecule has 0 atom stereocenters. The predicted octanol–water partition coefficient (Wildman–Crippen LogP) is 7.82. The Bertz CT molecular complexity index is 371. The molecule has 0 saturated carbocycles. The first-order chi connectivity index (χ1) is 11.8. The van der Waals surface area contributed by atoms with Gasteiger partial charge in [-0.2, -0.15) is 0 Å². The summed E-state index contributed by atoms with van der Waals surface area (Å²) >= 11 is 2.40. The minimum Gasteiger partial charge on any atom is -0.372 e. The summed E-state index contributed by atoms with van der Waals surface area (Å²) in [5.41, 5.74) is 1.41. The lowest BCUT2D eigenvalue weighted by Gasteiger charge is -2.25. The van der Waals surface area contributed by atoms with Crippen molar-refractivity contribution in [2.24, 2.45) is 0 Å². The highest BCUT2D eigenvalue weighted by atomic mass is 127. The SMILES string of the molecule is CCCCCCCCN(CCCCCCCC)c1ccc(I)cc1. The van der Waals surface area contributed by atoms with Crippen LogP contribution in [0.15, 0.2) is 24.3 Å². The van der Waals surface area contributed by atoms with Crippen LogP contribution >= 0.6 is 22.6 Å². The average Bonchev–Trinajstić information content (AvgIpc) is 2.60. The number of benzene rings is 1. The summed E-state index contributed by atoms with van der Waals surface area (Å²) < 4.78 is 1.33. The van der Waals surface area contributed by atoms with Gasteiger partial charge in [0.25, 0.3) is 0 Å². The summed E-state index contributed by atoms with van der Waals surface area (Å²) in [6.45, 7) is 7.03. The molecule has 138 valence electrons. The molecule has 0 amide bonds. The van der Waals surface area contributed by atoms with Crippen molar-refractivity contribution in [3.8, 4) is 0 Å². The molecular weight excluding hydrogens is 405 g/mol. The molecule has 0 aliphatic rings. The first kappa shape index (κ1) is 21.8. The van der Waals surface area contributed by atoms with Gasteiger partial charge in [-0.05, 0) is 59.7 Å². The Balaban J connectivity index is 2.34. The van der Waals surface area contributed by atoms with E-state index in [1.165, 1.54) is 99.4 Å². The molecule has 2 heteroatoms. The first-order valence-electron chi connectivity index (χ1n) is 10.3. The zero-order chi connectivity index (χ0) is 17.5. The van der Waals surface area contributed by atoms with Gasteiger partial charge in [-0.3, -0.25) is 0 Å². The molecule has 0 heterocycles. The van der Waals surface area contributed by atoms with E-state index in [9.17, 15) is 0 Å². The fourth-order valence-electron chi connectivity index (χ4n) is 3.19. The van der Waals surface area contributed by atoms with E-state index in [0.717, 1.165) is 0 Å². The molecule has 0 N–H and O–H groups in total. The number of rotatable bonds is 15. The van der Waals surface area contributed by atoms with Crippen LogP contribution in [-0.4, -0.2) is 13.1 Å². The van der Waals surface area contributed by atoms with Crippen LogP contribution < -0.4 is 4.90 Å². The van der Waals surface area contributed by atoms with E-state index in [4.69, 9.17) is 0 Å². The van der Waals surface area contributed by atoms with Crippen LogP contribution in [0.1, 0.15) is 90.9 Å². The summed E-state index contributed by atoms with van der Waals surface area (Å²) in [6, 6.07) is 9.09. The minimum atomic E-state index is 1.22. The molecule has 0 saturated heterocycles. The van der Waals surface area contributed by atoms with E-state index < -0.39 is 0 Å². The maximum absolute atomic E-state index is 2.62. The molecule has 1 aromatic carbocycles. The molecule has 0 radical (unpaired) electrons. The zero-order valence-electron chi connectivity index (χ0n) is 16.0. The van der Waals surface area contributed by atoms with Crippen molar-refractivity contribution in [3.63, 3.8) is 0 Å². The van der Waals surface area contributed by atoms with E-state index in [1.54, 1.807) is 0 Å². The third-order valence-electron chi connectivity index (χ3n) is 4.75. The topological polar surface area (TPSA) is 3.24 Å². The van der Waals surface area contributed by atoms with Gasteiger partial charge in [0.15, 0.2) is 0 Å².